The first-order chi connectivity index (χ1) is 6.09. The van der Waals surface area contributed by atoms with Gasteiger partial charge in [-0.25, -0.2) is 9.35 Å². The maximum absolute atomic E-state index is 10.8. The van der Waals surface area contributed by atoms with Gasteiger partial charge in [-0.2, -0.15) is 0 Å². The smallest absolute Gasteiger partial charge is 0.123 e. The van der Waals surface area contributed by atoms with Gasteiger partial charge in [0.25, 0.3) is 0 Å². The molecular weight excluding hydrogens is 184 g/mol. The molecule has 0 aliphatic carbocycles. The third-order valence-electron chi connectivity index (χ3n) is 1.65. The molecule has 2 N–H and O–H groups in total. The second-order valence-electron chi connectivity index (χ2n) is 3.38. The zero-order valence-electron chi connectivity index (χ0n) is 7.86. The average molecular weight is 198 g/mol. The fraction of sp³-hybridized carbons (Fsp3) is 0.444. The largest absolute Gasteiger partial charge is 0.260 e. The van der Waals surface area contributed by atoms with Gasteiger partial charge in [0.05, 0.1) is 4.90 Å². The molecule has 1 atom stereocenters. The Kier molecular flexibility index (Phi) is 3.57. The highest BCUT2D eigenvalue weighted by Gasteiger charge is 2.01. The molecule has 0 aliphatic rings. The molecule has 0 fully saturated rings. The summed E-state index contributed by atoms with van der Waals surface area (Å²) in [5.41, 5.74) is 1.02. The van der Waals surface area contributed by atoms with Gasteiger partial charge in [-0.15, -0.1) is 0 Å². The second kappa shape index (κ2) is 4.48. The lowest BCUT2D eigenvalue weighted by Gasteiger charge is -2.03. The fourth-order valence-corrected chi connectivity index (χ4v) is 1.43. The van der Waals surface area contributed by atoms with Gasteiger partial charge >= 0.3 is 0 Å². The standard InChI is InChI=1S/C9H14N2OS/c1-7(2)5-8-3-4-9(6-11-8)13(10)12/h3-4,6-7H,5,10H2,1-2H3. The molecular formula is C9H14N2OS. The van der Waals surface area contributed by atoms with Crippen LogP contribution in [0.25, 0.3) is 0 Å². The van der Waals surface area contributed by atoms with E-state index in [2.05, 4.69) is 18.8 Å². The molecule has 13 heavy (non-hydrogen) atoms. The number of nitrogens with two attached hydrogens (primary N) is 1. The predicted octanol–water partition coefficient (Wildman–Crippen LogP) is 1.26. The topological polar surface area (TPSA) is 56.0 Å². The van der Waals surface area contributed by atoms with Crippen molar-refractivity contribution in [2.75, 3.05) is 0 Å². The maximum atomic E-state index is 10.8. The Morgan fingerprint density at radius 1 is 1.54 bits per heavy atom. The van der Waals surface area contributed by atoms with Crippen molar-refractivity contribution in [1.29, 1.82) is 0 Å². The van der Waals surface area contributed by atoms with Crippen molar-refractivity contribution in [3.05, 3.63) is 24.0 Å². The van der Waals surface area contributed by atoms with Crippen molar-refractivity contribution in [3.8, 4) is 0 Å². The van der Waals surface area contributed by atoms with E-state index in [0.717, 1.165) is 12.1 Å². The van der Waals surface area contributed by atoms with Gasteiger partial charge in [-0.05, 0) is 24.5 Å². The number of hydrogen-bond donors (Lipinski definition) is 1. The maximum Gasteiger partial charge on any atom is 0.123 e. The Hall–Kier alpha value is -0.740. The van der Waals surface area contributed by atoms with Crippen LogP contribution in [-0.2, 0) is 17.4 Å². The monoisotopic (exact) mass is 198 g/mol. The summed E-state index contributed by atoms with van der Waals surface area (Å²) in [5, 5.41) is 5.20. The van der Waals surface area contributed by atoms with Crippen LogP contribution in [0.15, 0.2) is 23.2 Å². The van der Waals surface area contributed by atoms with Crippen molar-refractivity contribution in [2.24, 2.45) is 11.1 Å². The fourth-order valence-electron chi connectivity index (χ4n) is 1.07. The lowest BCUT2D eigenvalue weighted by atomic mass is 10.1. The van der Waals surface area contributed by atoms with Crippen molar-refractivity contribution in [2.45, 2.75) is 25.2 Å². The normalized spacial score (nSPS) is 13.2. The van der Waals surface area contributed by atoms with Crippen molar-refractivity contribution < 1.29 is 4.21 Å². The second-order valence-corrected chi connectivity index (χ2v) is 4.45. The van der Waals surface area contributed by atoms with E-state index in [-0.39, 0.29) is 0 Å². The molecule has 72 valence electrons. The molecule has 1 aromatic heterocycles. The molecule has 0 saturated heterocycles. The Balaban J connectivity index is 2.75. The van der Waals surface area contributed by atoms with E-state index in [1.54, 1.807) is 12.3 Å². The van der Waals surface area contributed by atoms with Gasteiger partial charge in [0.2, 0.25) is 0 Å². The van der Waals surface area contributed by atoms with Crippen LogP contribution < -0.4 is 5.14 Å². The Morgan fingerprint density at radius 2 is 2.23 bits per heavy atom. The molecule has 0 radical (unpaired) electrons. The molecule has 0 amide bonds. The van der Waals surface area contributed by atoms with Crippen LogP contribution in [0.1, 0.15) is 19.5 Å². The third kappa shape index (κ3) is 3.24. The summed E-state index contributed by atoms with van der Waals surface area (Å²) >= 11 is 0. The molecule has 4 heteroatoms. The summed E-state index contributed by atoms with van der Waals surface area (Å²) in [7, 11) is -1.41. The minimum atomic E-state index is -1.41. The molecule has 1 heterocycles. The molecule has 0 saturated carbocycles. The van der Waals surface area contributed by atoms with Gasteiger partial charge in [-0.1, -0.05) is 13.8 Å². The van der Waals surface area contributed by atoms with Crippen LogP contribution in [0.2, 0.25) is 0 Å². The summed E-state index contributed by atoms with van der Waals surface area (Å²) in [5.74, 6) is 0.585. The summed E-state index contributed by atoms with van der Waals surface area (Å²) in [6.45, 7) is 4.27. The SMILES string of the molecule is CC(C)Cc1ccc(S(N)=O)cn1. The number of pyridine rings is 1. The molecule has 0 aliphatic heterocycles. The molecule has 0 aromatic carbocycles. The first kappa shape index (κ1) is 10.3. The summed E-state index contributed by atoms with van der Waals surface area (Å²) < 4.78 is 10.8. The Morgan fingerprint density at radius 3 is 2.62 bits per heavy atom. The number of nitrogens with zero attached hydrogens (tertiary/aromatic N) is 1. The van der Waals surface area contributed by atoms with Crippen LogP contribution in [0.3, 0.4) is 0 Å². The zero-order chi connectivity index (χ0) is 9.84. The minimum Gasteiger partial charge on any atom is -0.260 e. The van der Waals surface area contributed by atoms with Crippen molar-refractivity contribution in [1.82, 2.24) is 4.98 Å². The van der Waals surface area contributed by atoms with E-state index >= 15 is 0 Å². The van der Waals surface area contributed by atoms with Crippen molar-refractivity contribution >= 4 is 11.0 Å². The minimum absolute atomic E-state index is 0.576. The highest BCUT2D eigenvalue weighted by molar-refractivity contribution is 7.82. The van der Waals surface area contributed by atoms with Gasteiger partial charge in [0, 0.05) is 11.9 Å². The Labute approximate surface area is 81.0 Å². The first-order valence-corrected chi connectivity index (χ1v) is 5.42. The van der Waals surface area contributed by atoms with Crippen molar-refractivity contribution in [3.63, 3.8) is 0 Å². The van der Waals surface area contributed by atoms with E-state index in [1.165, 1.54) is 0 Å². The van der Waals surface area contributed by atoms with E-state index < -0.39 is 11.0 Å². The molecule has 1 rings (SSSR count). The lowest BCUT2D eigenvalue weighted by Crippen LogP contribution is -2.04. The van der Waals surface area contributed by atoms with Crippen LogP contribution in [0.5, 0.6) is 0 Å². The third-order valence-corrected chi connectivity index (χ3v) is 2.35. The quantitative estimate of drug-likeness (QED) is 0.795. The van der Waals surface area contributed by atoms with Gasteiger partial charge in [0.15, 0.2) is 0 Å². The van der Waals surface area contributed by atoms with E-state index in [1.807, 2.05) is 6.07 Å². The van der Waals surface area contributed by atoms with Gasteiger partial charge in [0.1, 0.15) is 11.0 Å². The molecule has 0 spiro atoms. The summed E-state index contributed by atoms with van der Waals surface area (Å²) in [6, 6.07) is 3.64. The van der Waals surface area contributed by atoms with Crippen LogP contribution in [0, 0.1) is 5.92 Å². The van der Waals surface area contributed by atoms with E-state index in [4.69, 9.17) is 5.14 Å². The highest BCUT2D eigenvalue weighted by atomic mass is 32.2. The van der Waals surface area contributed by atoms with Crippen LogP contribution >= 0.6 is 0 Å². The Bertz CT molecular complexity index is 295. The van der Waals surface area contributed by atoms with E-state index in [9.17, 15) is 4.21 Å². The molecule has 3 nitrogen and oxygen atoms in total. The predicted molar refractivity (Wildman–Crippen MR) is 53.4 cm³/mol. The molecule has 0 bridgehead atoms. The van der Waals surface area contributed by atoms with Gasteiger partial charge in [-0.3, -0.25) is 4.98 Å². The zero-order valence-corrected chi connectivity index (χ0v) is 8.67. The summed E-state index contributed by atoms with van der Waals surface area (Å²) in [4.78, 5) is 4.74. The number of aromatic nitrogens is 1. The van der Waals surface area contributed by atoms with Crippen LogP contribution in [-0.4, -0.2) is 9.19 Å². The average Bonchev–Trinajstić information content (AvgIpc) is 2.04. The van der Waals surface area contributed by atoms with Crippen LogP contribution in [0.4, 0.5) is 0 Å². The lowest BCUT2D eigenvalue weighted by molar-refractivity contribution is 0.634. The number of hydrogen-bond acceptors (Lipinski definition) is 2. The molecule has 1 unspecified atom stereocenters. The first-order valence-electron chi connectivity index (χ1n) is 4.20. The van der Waals surface area contributed by atoms with Gasteiger partial charge < -0.3 is 0 Å². The van der Waals surface area contributed by atoms with E-state index in [0.29, 0.717) is 10.8 Å². The highest BCUT2D eigenvalue weighted by Crippen LogP contribution is 2.07. The number of rotatable bonds is 3. The summed E-state index contributed by atoms with van der Waals surface area (Å²) in [6.07, 6.45) is 2.52. The molecule has 1 aromatic rings.